The van der Waals surface area contributed by atoms with Gasteiger partial charge in [0.15, 0.2) is 11.9 Å². The number of anilines is 1. The Morgan fingerprint density at radius 3 is 2.68 bits per heavy atom. The fourth-order valence-corrected chi connectivity index (χ4v) is 3.83. The van der Waals surface area contributed by atoms with Crippen LogP contribution >= 0.6 is 0 Å². The summed E-state index contributed by atoms with van der Waals surface area (Å²) in [7, 11) is 0. The van der Waals surface area contributed by atoms with Crippen molar-refractivity contribution in [2.45, 2.75) is 0 Å². The number of primary amides is 1. The number of fused-ring (bicyclic) bond motifs is 1. The highest BCUT2D eigenvalue weighted by Crippen LogP contribution is 2.33. The fourth-order valence-electron chi connectivity index (χ4n) is 3.83. The molecule has 2 aromatic rings. The minimum atomic E-state index is -0.490. The Morgan fingerprint density at radius 1 is 1.10 bits per heavy atom. The second-order valence-electron chi connectivity index (χ2n) is 7.26. The van der Waals surface area contributed by atoms with Crippen LogP contribution in [0.2, 0.25) is 0 Å². The number of carbonyl (C=O) groups excluding carboxylic acids is 1. The average molecular weight is 416 g/mol. The zero-order valence-corrected chi connectivity index (χ0v) is 16.8. The highest BCUT2D eigenvalue weighted by molar-refractivity contribution is 6.38. The van der Waals surface area contributed by atoms with E-state index in [2.05, 4.69) is 10.0 Å². The third-order valence-corrected chi connectivity index (χ3v) is 5.35. The molecule has 9 heteroatoms. The number of rotatable bonds is 4. The van der Waals surface area contributed by atoms with Gasteiger partial charge in [0.25, 0.3) is 5.84 Å². The molecule has 5 rings (SSSR count). The molecule has 1 unspecified atom stereocenters. The van der Waals surface area contributed by atoms with Crippen LogP contribution in [0, 0.1) is 0 Å². The summed E-state index contributed by atoms with van der Waals surface area (Å²) in [4.78, 5) is 20.9. The van der Waals surface area contributed by atoms with Gasteiger partial charge < -0.3 is 10.5 Å². The van der Waals surface area contributed by atoms with Crippen molar-refractivity contribution < 1.29 is 9.53 Å². The van der Waals surface area contributed by atoms with Crippen LogP contribution in [-0.4, -0.2) is 55.2 Å². The molecule has 0 bridgehead atoms. The van der Waals surface area contributed by atoms with E-state index in [-0.39, 0.29) is 4.59 Å². The van der Waals surface area contributed by atoms with E-state index in [1.54, 1.807) is 30.6 Å². The first kappa shape index (κ1) is 19.3. The van der Waals surface area contributed by atoms with Gasteiger partial charge in [0.2, 0.25) is 5.91 Å². The fraction of sp³-hybridized carbons (Fsp3) is 0.182. The number of amidine groups is 1. The summed E-state index contributed by atoms with van der Waals surface area (Å²) in [6.45, 7) is 2.71. The monoisotopic (exact) mass is 416 g/mol. The summed E-state index contributed by atoms with van der Waals surface area (Å²) in [5.74, 6) is 0.676. The molecule has 1 saturated heterocycles. The summed E-state index contributed by atoms with van der Waals surface area (Å²) in [5, 5.41) is 9.23. The average Bonchev–Trinajstić information content (AvgIpc) is 3.21. The number of ether oxygens (including phenoxy) is 1. The lowest BCUT2D eigenvalue weighted by molar-refractivity contribution is 0.0392. The van der Waals surface area contributed by atoms with E-state index in [4.69, 9.17) is 20.6 Å². The summed E-state index contributed by atoms with van der Waals surface area (Å²) < 4.78 is 5.52. The molecule has 0 aliphatic carbocycles. The number of quaternary nitrogens is 1. The first-order valence-corrected chi connectivity index (χ1v) is 10.0. The molecule has 1 fully saturated rings. The molecule has 0 spiro atoms. The number of aliphatic imine (C=N–C) groups is 2. The van der Waals surface area contributed by atoms with Crippen LogP contribution in [0.4, 0.5) is 11.4 Å². The lowest BCUT2D eigenvalue weighted by Crippen LogP contribution is -2.51. The van der Waals surface area contributed by atoms with E-state index in [0.29, 0.717) is 30.6 Å². The SMILES string of the molecule is NC(=O)c1cccc([N+]23C=CN=CC2=NC(N(c2ccccc2)N2CCOCC2)=N3)c1. The molecule has 2 N–H and O–H groups in total. The maximum absolute atomic E-state index is 11.8. The topological polar surface area (TPSA) is 95.9 Å². The van der Waals surface area contributed by atoms with Gasteiger partial charge in [-0.15, -0.1) is 4.99 Å². The quantitative estimate of drug-likeness (QED) is 0.772. The van der Waals surface area contributed by atoms with E-state index in [9.17, 15) is 4.79 Å². The highest BCUT2D eigenvalue weighted by atomic mass is 16.5. The Bertz CT molecular complexity index is 1120. The summed E-state index contributed by atoms with van der Waals surface area (Å²) in [6.07, 6.45) is 5.22. The molecule has 0 aromatic heterocycles. The molecule has 3 aliphatic rings. The molecular formula is C22H22N7O2+. The number of para-hydroxylation sites is 1. The van der Waals surface area contributed by atoms with Crippen molar-refractivity contribution in [3.05, 3.63) is 72.6 Å². The predicted molar refractivity (Wildman–Crippen MR) is 121 cm³/mol. The number of hydrogen-bond acceptors (Lipinski definition) is 7. The summed E-state index contributed by atoms with van der Waals surface area (Å²) in [5.41, 5.74) is 7.64. The van der Waals surface area contributed by atoms with Crippen molar-refractivity contribution in [2.75, 3.05) is 31.3 Å². The largest absolute Gasteiger partial charge is 0.379 e. The minimum Gasteiger partial charge on any atom is -0.379 e. The van der Waals surface area contributed by atoms with Gasteiger partial charge in [-0.05, 0) is 23.3 Å². The van der Waals surface area contributed by atoms with Gasteiger partial charge in [-0.3, -0.25) is 9.79 Å². The number of hydrazine groups is 1. The van der Waals surface area contributed by atoms with Gasteiger partial charge in [0.1, 0.15) is 6.21 Å². The second-order valence-corrected chi connectivity index (χ2v) is 7.26. The number of benzene rings is 2. The molecule has 9 nitrogen and oxygen atoms in total. The summed E-state index contributed by atoms with van der Waals surface area (Å²) in [6, 6.07) is 17.1. The van der Waals surface area contributed by atoms with Crippen LogP contribution in [0.15, 0.2) is 82.1 Å². The minimum absolute atomic E-state index is 0.0202. The van der Waals surface area contributed by atoms with Crippen molar-refractivity contribution in [2.24, 2.45) is 20.8 Å². The van der Waals surface area contributed by atoms with Crippen molar-refractivity contribution >= 4 is 35.3 Å². The van der Waals surface area contributed by atoms with Gasteiger partial charge in [0, 0.05) is 30.8 Å². The van der Waals surface area contributed by atoms with Crippen LogP contribution < -0.4 is 15.3 Å². The Hall–Kier alpha value is -3.66. The van der Waals surface area contributed by atoms with Crippen LogP contribution in [-0.2, 0) is 4.74 Å². The predicted octanol–water partition coefficient (Wildman–Crippen LogP) is 2.09. The number of hydrogen-bond donors (Lipinski definition) is 1. The Labute approximate surface area is 179 Å². The zero-order valence-electron chi connectivity index (χ0n) is 16.8. The molecule has 1 amide bonds. The highest BCUT2D eigenvalue weighted by Gasteiger charge is 2.45. The van der Waals surface area contributed by atoms with Crippen molar-refractivity contribution in [1.82, 2.24) is 9.60 Å². The number of nitrogens with zero attached hydrogens (tertiary/aromatic N) is 6. The van der Waals surface area contributed by atoms with E-state index in [1.165, 1.54) is 0 Å². The number of morpholine rings is 1. The van der Waals surface area contributed by atoms with E-state index in [0.717, 1.165) is 24.5 Å². The van der Waals surface area contributed by atoms with Crippen molar-refractivity contribution in [3.8, 4) is 0 Å². The Kier molecular flexibility index (Phi) is 4.91. The van der Waals surface area contributed by atoms with Gasteiger partial charge >= 0.3 is 5.96 Å². The molecule has 156 valence electrons. The second kappa shape index (κ2) is 7.88. The maximum atomic E-state index is 11.8. The number of nitrogens with two attached hydrogens (primary N) is 1. The van der Waals surface area contributed by atoms with Gasteiger partial charge in [-0.25, -0.2) is 10.0 Å². The van der Waals surface area contributed by atoms with Crippen LogP contribution in [0.1, 0.15) is 10.4 Å². The zero-order chi connectivity index (χ0) is 21.3. The number of guanidine groups is 1. The third kappa shape index (κ3) is 3.44. The van der Waals surface area contributed by atoms with E-state index < -0.39 is 5.91 Å². The molecule has 3 heterocycles. The van der Waals surface area contributed by atoms with Gasteiger partial charge in [-0.2, -0.15) is 0 Å². The lowest BCUT2D eigenvalue weighted by atomic mass is 10.1. The number of carbonyl (C=O) groups is 1. The molecule has 3 aliphatic heterocycles. The normalized spacial score (nSPS) is 22.6. The van der Waals surface area contributed by atoms with E-state index >= 15 is 0 Å². The van der Waals surface area contributed by atoms with Crippen molar-refractivity contribution in [1.29, 1.82) is 0 Å². The molecule has 2 aromatic carbocycles. The molecule has 0 radical (unpaired) electrons. The van der Waals surface area contributed by atoms with E-state index in [1.807, 2.05) is 47.6 Å². The third-order valence-electron chi connectivity index (χ3n) is 5.35. The van der Waals surface area contributed by atoms with Gasteiger partial charge in [-0.1, -0.05) is 28.9 Å². The first-order chi connectivity index (χ1) is 15.2. The van der Waals surface area contributed by atoms with Crippen molar-refractivity contribution in [3.63, 3.8) is 0 Å². The molecule has 1 atom stereocenters. The maximum Gasteiger partial charge on any atom is 0.305 e. The smallest absolute Gasteiger partial charge is 0.305 e. The molecule has 31 heavy (non-hydrogen) atoms. The number of amides is 1. The summed E-state index contributed by atoms with van der Waals surface area (Å²) >= 11 is 0. The van der Waals surface area contributed by atoms with Gasteiger partial charge in [0.05, 0.1) is 25.1 Å². The Balaban J connectivity index is 1.63. The Morgan fingerprint density at radius 2 is 1.90 bits per heavy atom. The first-order valence-electron chi connectivity index (χ1n) is 10.0. The van der Waals surface area contributed by atoms with Crippen LogP contribution in [0.25, 0.3) is 0 Å². The van der Waals surface area contributed by atoms with Crippen LogP contribution in [0.3, 0.4) is 0 Å². The molecule has 0 saturated carbocycles. The van der Waals surface area contributed by atoms with Crippen LogP contribution in [0.5, 0.6) is 0 Å². The lowest BCUT2D eigenvalue weighted by Gasteiger charge is -2.36. The molecular weight excluding hydrogens is 394 g/mol. The standard InChI is InChI=1S/C22H21N7O2/c23-21(30)17-5-4-8-19(15-17)29-12-9-24-16-20(29)25-22(26-29)28(18-6-2-1-3-7-18)27-10-13-31-14-11-27/h1-9,12,15-16H,10-11,13-14H2,(H-,23,30)/p+1.